The Hall–Kier alpha value is -2.97. The first-order chi connectivity index (χ1) is 19.2. The Morgan fingerprint density at radius 3 is 2.76 bits per heavy atom. The number of carbonyl (C=O) groups is 2. The van der Waals surface area contributed by atoms with Crippen molar-refractivity contribution in [3.05, 3.63) is 46.5 Å². The lowest BCUT2D eigenvalue weighted by molar-refractivity contribution is -0.120. The van der Waals surface area contributed by atoms with E-state index in [0.29, 0.717) is 12.0 Å². The van der Waals surface area contributed by atoms with Gasteiger partial charge in [0.15, 0.2) is 17.4 Å². The van der Waals surface area contributed by atoms with Gasteiger partial charge in [0.2, 0.25) is 10.5 Å². The number of anilines is 1. The molecule has 1 fully saturated rings. The molecular formula is C25H30BrFN5O8P. The molecule has 0 radical (unpaired) electrons. The van der Waals surface area contributed by atoms with Crippen molar-refractivity contribution >= 4 is 52.2 Å². The van der Waals surface area contributed by atoms with E-state index >= 15 is 4.39 Å². The van der Waals surface area contributed by atoms with E-state index < -0.39 is 48.7 Å². The van der Waals surface area contributed by atoms with Crippen molar-refractivity contribution < 1.29 is 37.4 Å². The minimum atomic E-state index is -4.11. The van der Waals surface area contributed by atoms with Crippen molar-refractivity contribution in [3.63, 3.8) is 0 Å². The highest BCUT2D eigenvalue weighted by atomic mass is 79.9. The second-order valence-corrected chi connectivity index (χ2v) is 13.2. The number of ether oxygens (including phenoxy) is 1. The van der Waals surface area contributed by atoms with Gasteiger partial charge in [0.05, 0.1) is 19.1 Å². The number of nitrogens with one attached hydrogen (secondary N) is 1. The quantitative estimate of drug-likeness (QED) is 0.192. The average Bonchev–Trinajstić information content (AvgIpc) is 3.40. The predicted molar refractivity (Wildman–Crippen MR) is 150 cm³/mol. The maximum Gasteiger partial charge on any atom is 0.380 e. The number of nitrogens with two attached hydrogens (primary N) is 1. The number of hydrogen-bond acceptors (Lipinski definition) is 11. The number of nitrogen functional groups attached to an aromatic ring is 1. The van der Waals surface area contributed by atoms with Crippen LogP contribution in [0.1, 0.15) is 39.0 Å². The number of alkyl halides is 2. The fourth-order valence-electron chi connectivity index (χ4n) is 4.25. The summed E-state index contributed by atoms with van der Waals surface area (Å²) < 4.78 is 45.6. The van der Waals surface area contributed by atoms with Gasteiger partial charge in [-0.1, -0.05) is 25.1 Å². The van der Waals surface area contributed by atoms with Crippen LogP contribution in [0, 0.1) is 5.92 Å². The second kappa shape index (κ2) is 12.1. The highest BCUT2D eigenvalue weighted by Gasteiger charge is 2.57. The first kappa shape index (κ1) is 31.0. The number of carbonyl (C=O) groups excluding carboxylic acids is 2. The Bertz CT molecular complexity index is 1560. The van der Waals surface area contributed by atoms with Crippen molar-refractivity contribution in [2.45, 2.75) is 56.6 Å². The summed E-state index contributed by atoms with van der Waals surface area (Å²) in [6.45, 7) is 3.77. The van der Waals surface area contributed by atoms with Gasteiger partial charge in [-0.2, -0.15) is 4.98 Å². The lowest BCUT2D eigenvalue weighted by Crippen LogP contribution is -2.38. The number of H-pyrrole nitrogens is 1. The SMILES string of the molecule is CC(=O)CCc1ccccc1OP(=O)(C[C@@H](C)C(C)=O)OC[C@H]1O[C@@H](n2cnc3c(=O)[nH]c(N)nc32)[C@@](F)(Br)C1O. The largest absolute Gasteiger partial charge is 0.424 e. The normalized spacial score (nSPS) is 24.7. The number of fused-ring (bicyclic) bond motifs is 1. The van der Waals surface area contributed by atoms with Gasteiger partial charge in [0.1, 0.15) is 29.5 Å². The Balaban J connectivity index is 1.58. The molecule has 2 unspecified atom stereocenters. The van der Waals surface area contributed by atoms with Gasteiger partial charge in [-0.25, -0.2) is 13.9 Å². The molecule has 1 aliphatic rings. The average molecular weight is 658 g/mol. The Morgan fingerprint density at radius 2 is 2.07 bits per heavy atom. The zero-order valence-electron chi connectivity index (χ0n) is 22.5. The molecule has 0 spiro atoms. The van der Waals surface area contributed by atoms with Crippen molar-refractivity contribution in [1.29, 1.82) is 0 Å². The van der Waals surface area contributed by atoms with Crippen LogP contribution in [0.15, 0.2) is 35.4 Å². The number of Topliss-reactive ketones (excluding diaryl/α,β-unsaturated/α-hetero) is 2. The third-order valence-electron chi connectivity index (χ3n) is 6.67. The van der Waals surface area contributed by atoms with Crippen LogP contribution in [-0.2, 0) is 29.8 Å². The van der Waals surface area contributed by atoms with E-state index in [1.54, 1.807) is 31.2 Å². The zero-order valence-corrected chi connectivity index (χ0v) is 24.9. The zero-order chi connectivity index (χ0) is 30.1. The van der Waals surface area contributed by atoms with Crippen LogP contribution in [0.4, 0.5) is 10.3 Å². The van der Waals surface area contributed by atoms with Crippen molar-refractivity contribution in [2.75, 3.05) is 18.5 Å². The Morgan fingerprint density at radius 1 is 1.37 bits per heavy atom. The number of imidazole rings is 1. The summed E-state index contributed by atoms with van der Waals surface area (Å²) in [6, 6.07) is 6.68. The smallest absolute Gasteiger partial charge is 0.380 e. The summed E-state index contributed by atoms with van der Waals surface area (Å²) in [6.07, 6.45) is -3.42. The van der Waals surface area contributed by atoms with Crippen LogP contribution in [0.25, 0.3) is 11.2 Å². The van der Waals surface area contributed by atoms with Crippen molar-refractivity contribution in [1.82, 2.24) is 19.5 Å². The summed E-state index contributed by atoms with van der Waals surface area (Å²) in [5.74, 6) is -1.03. The number of hydrogen-bond donors (Lipinski definition) is 3. The second-order valence-electron chi connectivity index (χ2n) is 9.92. The van der Waals surface area contributed by atoms with Gasteiger partial charge in [-0.05, 0) is 47.8 Å². The molecule has 16 heteroatoms. The maximum absolute atomic E-state index is 15.8. The van der Waals surface area contributed by atoms with Gasteiger partial charge >= 0.3 is 7.60 Å². The minimum Gasteiger partial charge on any atom is -0.424 e. The molecule has 0 bridgehead atoms. The lowest BCUT2D eigenvalue weighted by atomic mass is 10.1. The van der Waals surface area contributed by atoms with E-state index in [4.69, 9.17) is 19.5 Å². The van der Waals surface area contributed by atoms with E-state index in [1.807, 2.05) is 0 Å². The number of halogens is 2. The molecule has 4 N–H and O–H groups in total. The highest BCUT2D eigenvalue weighted by Crippen LogP contribution is 2.53. The number of aromatic amines is 1. The van der Waals surface area contributed by atoms with Gasteiger partial charge < -0.3 is 24.9 Å². The van der Waals surface area contributed by atoms with Crippen LogP contribution in [0.5, 0.6) is 5.75 Å². The number of ketones is 2. The molecule has 222 valence electrons. The number of nitrogens with zero attached hydrogens (tertiary/aromatic N) is 3. The lowest BCUT2D eigenvalue weighted by Gasteiger charge is -2.25. The van der Waals surface area contributed by atoms with Crippen LogP contribution in [-0.4, -0.2) is 65.7 Å². The number of aromatic nitrogens is 4. The minimum absolute atomic E-state index is 0.0380. The standard InChI is InChI=1S/C25H30BrFN5O8P/c1-13(15(3)34)11-41(37,40-17-7-5-4-6-16(17)9-8-14(2)33)38-10-18-20(35)25(26,27)23(39-18)32-12-29-19-21(32)30-24(28)31-22(19)36/h4-7,12-13,18,20,23,35H,8-11H2,1-3H3,(H3,28,30,31,36)/t13-,18-,20?,23-,25-,41?/m1/s1. The predicted octanol–water partition coefficient (Wildman–Crippen LogP) is 3.06. The van der Waals surface area contributed by atoms with E-state index in [0.717, 1.165) is 10.9 Å². The highest BCUT2D eigenvalue weighted by molar-refractivity contribution is 9.10. The first-order valence-corrected chi connectivity index (χ1v) is 15.2. The number of aliphatic hydroxyl groups is 1. The van der Waals surface area contributed by atoms with E-state index in [-0.39, 0.29) is 47.0 Å². The summed E-state index contributed by atoms with van der Waals surface area (Å²) in [5, 5.41) is 10.8. The molecule has 2 aromatic heterocycles. The number of aryl methyl sites for hydroxylation is 1. The molecule has 4 rings (SSSR count). The van der Waals surface area contributed by atoms with Crippen molar-refractivity contribution in [3.8, 4) is 5.75 Å². The molecule has 13 nitrogen and oxygen atoms in total. The van der Waals surface area contributed by atoms with Crippen molar-refractivity contribution in [2.24, 2.45) is 5.92 Å². The molecule has 0 amide bonds. The number of benzene rings is 1. The van der Waals surface area contributed by atoms with Gasteiger partial charge in [-0.3, -0.25) is 23.7 Å². The molecule has 3 aromatic rings. The molecule has 6 atom stereocenters. The van der Waals surface area contributed by atoms with Gasteiger partial charge in [-0.15, -0.1) is 0 Å². The Kier molecular flexibility index (Phi) is 9.14. The van der Waals surface area contributed by atoms with E-state index in [1.165, 1.54) is 13.8 Å². The van der Waals surface area contributed by atoms with Crippen LogP contribution in [0.2, 0.25) is 0 Å². The third kappa shape index (κ3) is 6.75. The molecule has 0 saturated carbocycles. The molecule has 1 aliphatic heterocycles. The molecule has 1 saturated heterocycles. The fraction of sp³-hybridized carbons (Fsp3) is 0.480. The fourth-order valence-corrected chi connectivity index (χ4v) is 6.88. The molecular weight excluding hydrogens is 628 g/mol. The number of para-hydroxylation sites is 1. The molecule has 0 aliphatic carbocycles. The first-order valence-electron chi connectivity index (χ1n) is 12.7. The van der Waals surface area contributed by atoms with Gasteiger partial charge in [0, 0.05) is 12.3 Å². The monoisotopic (exact) mass is 657 g/mol. The summed E-state index contributed by atoms with van der Waals surface area (Å²) in [7, 11) is -4.11. The summed E-state index contributed by atoms with van der Waals surface area (Å²) >= 11 is 2.87. The topological polar surface area (TPSA) is 189 Å². The maximum atomic E-state index is 15.8. The van der Waals surface area contributed by atoms with E-state index in [9.17, 15) is 24.1 Å². The molecule has 41 heavy (non-hydrogen) atoms. The summed E-state index contributed by atoms with van der Waals surface area (Å²) in [5.41, 5.74) is 5.38. The number of rotatable bonds is 12. The third-order valence-corrected chi connectivity index (χ3v) is 9.54. The molecule has 3 heterocycles. The molecule has 1 aromatic carbocycles. The van der Waals surface area contributed by atoms with Crippen LogP contribution >= 0.6 is 23.5 Å². The summed E-state index contributed by atoms with van der Waals surface area (Å²) in [4.78, 5) is 45.9. The van der Waals surface area contributed by atoms with Gasteiger partial charge in [0.25, 0.3) is 5.56 Å². The van der Waals surface area contributed by atoms with E-state index in [2.05, 4.69) is 30.9 Å². The van der Waals surface area contributed by atoms with Crippen LogP contribution < -0.4 is 15.8 Å². The van der Waals surface area contributed by atoms with Crippen LogP contribution in [0.3, 0.4) is 0 Å². The Labute approximate surface area is 242 Å². The number of aliphatic hydroxyl groups excluding tert-OH is 1.